The second-order valence-corrected chi connectivity index (χ2v) is 3.20. The first kappa shape index (κ1) is 9.18. The van der Waals surface area contributed by atoms with Crippen molar-refractivity contribution in [3.8, 4) is 0 Å². The number of nitrogens with zero attached hydrogens (tertiary/aromatic N) is 2. The Morgan fingerprint density at radius 1 is 1.36 bits per heavy atom. The minimum Gasteiger partial charge on any atom is -0.380 e. The maximum absolute atomic E-state index is 9.84. The number of H-pyrrole nitrogens is 1. The second-order valence-electron chi connectivity index (χ2n) is 2.79. The van der Waals surface area contributed by atoms with E-state index in [1.165, 1.54) is 6.33 Å². The molecule has 0 spiro atoms. The van der Waals surface area contributed by atoms with Crippen LogP contribution in [0.5, 0.6) is 0 Å². The number of aromatic amines is 1. The Morgan fingerprint density at radius 2 is 2.14 bits per heavy atom. The molecule has 2 rings (SSSR count). The van der Waals surface area contributed by atoms with Crippen molar-refractivity contribution in [3.05, 3.63) is 47.0 Å². The fourth-order valence-corrected chi connectivity index (χ4v) is 1.43. The van der Waals surface area contributed by atoms with E-state index < -0.39 is 6.10 Å². The number of rotatable bonds is 2. The molecule has 0 aliphatic carbocycles. The molecule has 1 aromatic heterocycles. The van der Waals surface area contributed by atoms with Gasteiger partial charge in [0.2, 0.25) is 0 Å². The fourth-order valence-electron chi connectivity index (χ4n) is 1.19. The number of aliphatic hydroxyl groups is 1. The highest BCUT2D eigenvalue weighted by atomic mass is 35.5. The lowest BCUT2D eigenvalue weighted by atomic mass is 10.1. The van der Waals surface area contributed by atoms with E-state index in [-0.39, 0.29) is 0 Å². The molecule has 0 bridgehead atoms. The van der Waals surface area contributed by atoms with Gasteiger partial charge in [-0.15, -0.1) is 0 Å². The van der Waals surface area contributed by atoms with Gasteiger partial charge in [-0.2, -0.15) is 5.10 Å². The largest absolute Gasteiger partial charge is 0.380 e. The van der Waals surface area contributed by atoms with E-state index in [1.807, 2.05) is 0 Å². The molecule has 0 saturated heterocycles. The third-order valence-corrected chi connectivity index (χ3v) is 2.24. The zero-order valence-corrected chi connectivity index (χ0v) is 7.94. The van der Waals surface area contributed by atoms with E-state index in [4.69, 9.17) is 11.6 Å². The Bertz CT molecular complexity index is 416. The highest BCUT2D eigenvalue weighted by Gasteiger charge is 2.15. The van der Waals surface area contributed by atoms with E-state index in [0.717, 1.165) is 0 Å². The van der Waals surface area contributed by atoms with E-state index in [1.54, 1.807) is 24.3 Å². The molecule has 1 aromatic carbocycles. The highest BCUT2D eigenvalue weighted by Crippen LogP contribution is 2.25. The van der Waals surface area contributed by atoms with Crippen molar-refractivity contribution in [1.29, 1.82) is 0 Å². The van der Waals surface area contributed by atoms with E-state index in [2.05, 4.69) is 15.2 Å². The molecule has 5 heteroatoms. The molecule has 0 radical (unpaired) electrons. The predicted octanol–water partition coefficient (Wildman–Crippen LogP) is 1.54. The van der Waals surface area contributed by atoms with E-state index >= 15 is 0 Å². The SMILES string of the molecule is OC(c1ncn[nH]1)c1ccccc1Cl. The Hall–Kier alpha value is -1.39. The van der Waals surface area contributed by atoms with Crippen LogP contribution in [0.25, 0.3) is 0 Å². The first-order valence-electron chi connectivity index (χ1n) is 4.07. The van der Waals surface area contributed by atoms with Gasteiger partial charge in [-0.05, 0) is 6.07 Å². The van der Waals surface area contributed by atoms with Gasteiger partial charge in [0, 0.05) is 10.6 Å². The molecule has 0 saturated carbocycles. The van der Waals surface area contributed by atoms with Crippen LogP contribution >= 0.6 is 11.6 Å². The number of hydrogen-bond donors (Lipinski definition) is 2. The van der Waals surface area contributed by atoms with Crippen LogP contribution in [-0.2, 0) is 0 Å². The van der Waals surface area contributed by atoms with Gasteiger partial charge < -0.3 is 5.11 Å². The lowest BCUT2D eigenvalue weighted by Crippen LogP contribution is -2.02. The Balaban J connectivity index is 2.37. The molecule has 1 atom stereocenters. The molecule has 72 valence electrons. The fraction of sp³-hybridized carbons (Fsp3) is 0.111. The van der Waals surface area contributed by atoms with Crippen molar-refractivity contribution >= 4 is 11.6 Å². The van der Waals surface area contributed by atoms with Gasteiger partial charge in [0.05, 0.1) is 0 Å². The maximum atomic E-state index is 9.84. The van der Waals surface area contributed by atoms with Crippen molar-refractivity contribution in [1.82, 2.24) is 15.2 Å². The zero-order valence-electron chi connectivity index (χ0n) is 7.18. The monoisotopic (exact) mass is 209 g/mol. The highest BCUT2D eigenvalue weighted by molar-refractivity contribution is 6.31. The minimum absolute atomic E-state index is 0.387. The van der Waals surface area contributed by atoms with Crippen LogP contribution in [0.1, 0.15) is 17.5 Å². The lowest BCUT2D eigenvalue weighted by molar-refractivity contribution is 0.210. The predicted molar refractivity (Wildman–Crippen MR) is 51.9 cm³/mol. The Labute approximate surface area is 85.6 Å². The second kappa shape index (κ2) is 3.77. The molecule has 1 unspecified atom stereocenters. The number of benzene rings is 1. The van der Waals surface area contributed by atoms with Gasteiger partial charge in [0.15, 0.2) is 5.82 Å². The topological polar surface area (TPSA) is 61.8 Å². The first-order valence-corrected chi connectivity index (χ1v) is 4.44. The summed E-state index contributed by atoms with van der Waals surface area (Å²) in [7, 11) is 0. The number of aromatic nitrogens is 3. The average Bonchev–Trinajstić information content (AvgIpc) is 2.70. The molecule has 0 fully saturated rings. The molecule has 0 amide bonds. The number of nitrogens with one attached hydrogen (secondary N) is 1. The van der Waals surface area contributed by atoms with Gasteiger partial charge in [-0.25, -0.2) is 4.98 Å². The average molecular weight is 210 g/mol. The van der Waals surface area contributed by atoms with Crippen LogP contribution in [0, 0.1) is 0 Å². The summed E-state index contributed by atoms with van der Waals surface area (Å²) in [6.45, 7) is 0. The van der Waals surface area contributed by atoms with Crippen molar-refractivity contribution in [2.24, 2.45) is 0 Å². The zero-order chi connectivity index (χ0) is 9.97. The smallest absolute Gasteiger partial charge is 0.157 e. The van der Waals surface area contributed by atoms with Gasteiger partial charge >= 0.3 is 0 Å². The van der Waals surface area contributed by atoms with Crippen LogP contribution in [0.4, 0.5) is 0 Å². The number of hydrogen-bond acceptors (Lipinski definition) is 3. The molecule has 14 heavy (non-hydrogen) atoms. The molecule has 0 aliphatic heterocycles. The van der Waals surface area contributed by atoms with Crippen molar-refractivity contribution in [3.63, 3.8) is 0 Å². The van der Waals surface area contributed by atoms with Crippen molar-refractivity contribution in [2.75, 3.05) is 0 Å². The summed E-state index contributed by atoms with van der Waals surface area (Å²) in [6, 6.07) is 7.08. The summed E-state index contributed by atoms with van der Waals surface area (Å²) in [4.78, 5) is 3.86. The van der Waals surface area contributed by atoms with Crippen LogP contribution in [-0.4, -0.2) is 20.3 Å². The van der Waals surface area contributed by atoms with E-state index in [9.17, 15) is 5.11 Å². The van der Waals surface area contributed by atoms with E-state index in [0.29, 0.717) is 16.4 Å². The minimum atomic E-state index is -0.855. The summed E-state index contributed by atoms with van der Waals surface area (Å²) in [5.41, 5.74) is 0.617. The van der Waals surface area contributed by atoms with Crippen LogP contribution in [0.3, 0.4) is 0 Å². The molecule has 4 nitrogen and oxygen atoms in total. The summed E-state index contributed by atoms with van der Waals surface area (Å²) in [6.07, 6.45) is 0.487. The van der Waals surface area contributed by atoms with Gasteiger partial charge in [0.1, 0.15) is 12.4 Å². The van der Waals surface area contributed by atoms with Crippen LogP contribution in [0.15, 0.2) is 30.6 Å². The molecule has 0 aliphatic rings. The van der Waals surface area contributed by atoms with Crippen LogP contribution < -0.4 is 0 Å². The summed E-state index contributed by atoms with van der Waals surface area (Å²) in [5, 5.41) is 16.6. The first-order chi connectivity index (χ1) is 6.79. The molecule has 1 heterocycles. The van der Waals surface area contributed by atoms with Crippen molar-refractivity contribution in [2.45, 2.75) is 6.10 Å². The van der Waals surface area contributed by atoms with Crippen LogP contribution in [0.2, 0.25) is 5.02 Å². The Morgan fingerprint density at radius 3 is 2.79 bits per heavy atom. The summed E-state index contributed by atoms with van der Waals surface area (Å²) < 4.78 is 0. The normalized spacial score (nSPS) is 12.7. The molecule has 2 aromatic rings. The van der Waals surface area contributed by atoms with Gasteiger partial charge in [-0.1, -0.05) is 29.8 Å². The lowest BCUT2D eigenvalue weighted by Gasteiger charge is -2.08. The number of halogens is 1. The molecular formula is C9H8ClN3O. The van der Waals surface area contributed by atoms with Crippen molar-refractivity contribution < 1.29 is 5.11 Å². The third kappa shape index (κ3) is 1.62. The maximum Gasteiger partial charge on any atom is 0.157 e. The summed E-state index contributed by atoms with van der Waals surface area (Å²) >= 11 is 5.91. The Kier molecular flexibility index (Phi) is 2.47. The van der Waals surface area contributed by atoms with Gasteiger partial charge in [0.25, 0.3) is 0 Å². The number of aliphatic hydroxyl groups excluding tert-OH is 1. The molecular weight excluding hydrogens is 202 g/mol. The third-order valence-electron chi connectivity index (χ3n) is 1.89. The molecule has 2 N–H and O–H groups in total. The van der Waals surface area contributed by atoms with Gasteiger partial charge in [-0.3, -0.25) is 5.10 Å². The summed E-state index contributed by atoms with van der Waals surface area (Å²) in [5.74, 6) is 0.387. The quantitative estimate of drug-likeness (QED) is 0.789. The standard InChI is InChI=1S/C9H8ClN3O/c10-7-4-2-1-3-6(7)8(14)9-11-5-12-13-9/h1-5,8,14H,(H,11,12,13).